The molecule has 1 aliphatic carbocycles. The van der Waals surface area contributed by atoms with Crippen molar-refractivity contribution in [3.05, 3.63) is 53.1 Å². The number of rotatable bonds is 8. The lowest BCUT2D eigenvalue weighted by atomic mass is 10.1. The van der Waals surface area contributed by atoms with Crippen LogP contribution in [0.1, 0.15) is 31.2 Å². The molecule has 1 N–H and O–H groups in total. The number of halogens is 1. The maximum atomic E-state index is 13.4. The number of carbonyl (C=O) groups is 1. The van der Waals surface area contributed by atoms with Gasteiger partial charge in [0, 0.05) is 11.6 Å². The van der Waals surface area contributed by atoms with Gasteiger partial charge in [-0.05, 0) is 67.3 Å². The predicted octanol–water partition coefficient (Wildman–Crippen LogP) is 3.80. The summed E-state index contributed by atoms with van der Waals surface area (Å²) < 4.78 is 35.9. The lowest BCUT2D eigenvalue weighted by Crippen LogP contribution is -2.51. The molecular formula is C22H26ClNO5S. The van der Waals surface area contributed by atoms with Gasteiger partial charge in [0.2, 0.25) is 5.91 Å². The molecule has 0 unspecified atom stereocenters. The largest absolute Gasteiger partial charge is 0.497 e. The highest BCUT2D eigenvalue weighted by atomic mass is 35.5. The Morgan fingerprint density at radius 2 is 1.73 bits per heavy atom. The number of ether oxygens (including phenoxy) is 2. The highest BCUT2D eigenvalue weighted by molar-refractivity contribution is 7.93. The Morgan fingerprint density at radius 3 is 2.33 bits per heavy atom. The molecule has 1 aliphatic rings. The van der Waals surface area contributed by atoms with Crippen molar-refractivity contribution in [1.82, 2.24) is 5.32 Å². The molecule has 6 nitrogen and oxygen atoms in total. The van der Waals surface area contributed by atoms with Crippen LogP contribution < -0.4 is 14.8 Å². The normalized spacial score (nSPS) is 15.6. The number of benzene rings is 2. The van der Waals surface area contributed by atoms with Crippen LogP contribution in [0.3, 0.4) is 0 Å². The minimum Gasteiger partial charge on any atom is -0.497 e. The zero-order chi connectivity index (χ0) is 21.8. The minimum atomic E-state index is -3.85. The van der Waals surface area contributed by atoms with E-state index in [1.807, 2.05) is 6.07 Å². The summed E-state index contributed by atoms with van der Waals surface area (Å²) in [7, 11) is -0.689. The number of nitrogens with one attached hydrogen (secondary N) is 1. The van der Waals surface area contributed by atoms with Gasteiger partial charge in [0.25, 0.3) is 0 Å². The van der Waals surface area contributed by atoms with Gasteiger partial charge < -0.3 is 14.8 Å². The molecule has 2 aromatic carbocycles. The van der Waals surface area contributed by atoms with E-state index in [4.69, 9.17) is 21.1 Å². The highest BCUT2D eigenvalue weighted by Gasteiger charge is 2.52. The molecule has 0 heterocycles. The number of carbonyl (C=O) groups excluding carboxylic acids is 1. The second kappa shape index (κ2) is 9.27. The first-order valence-corrected chi connectivity index (χ1v) is 11.7. The second-order valence-electron chi connectivity index (χ2n) is 7.34. The number of amides is 1. The Balaban J connectivity index is 1.78. The van der Waals surface area contributed by atoms with E-state index in [2.05, 4.69) is 5.32 Å². The fourth-order valence-corrected chi connectivity index (χ4v) is 6.17. The smallest absolute Gasteiger partial charge is 0.241 e. The minimum absolute atomic E-state index is 0.124. The summed E-state index contributed by atoms with van der Waals surface area (Å²) in [6, 6.07) is 11.4. The summed E-state index contributed by atoms with van der Waals surface area (Å²) in [6.07, 6.45) is 2.51. The molecule has 1 amide bonds. The Bertz CT molecular complexity index is 999. The Morgan fingerprint density at radius 1 is 1.07 bits per heavy atom. The van der Waals surface area contributed by atoms with E-state index < -0.39 is 20.5 Å². The lowest BCUT2D eigenvalue weighted by Gasteiger charge is -2.27. The van der Waals surface area contributed by atoms with Crippen LogP contribution in [-0.2, 0) is 21.1 Å². The predicted molar refractivity (Wildman–Crippen MR) is 116 cm³/mol. The molecule has 162 valence electrons. The van der Waals surface area contributed by atoms with E-state index >= 15 is 0 Å². The molecule has 0 radical (unpaired) electrons. The molecule has 0 bridgehead atoms. The molecule has 0 atom stereocenters. The molecule has 0 saturated heterocycles. The monoisotopic (exact) mass is 451 g/mol. The van der Waals surface area contributed by atoms with E-state index in [1.165, 1.54) is 24.3 Å². The number of sulfone groups is 1. The first kappa shape index (κ1) is 22.4. The van der Waals surface area contributed by atoms with Gasteiger partial charge in [0.1, 0.15) is 11.5 Å². The van der Waals surface area contributed by atoms with Gasteiger partial charge in [-0.2, -0.15) is 0 Å². The van der Waals surface area contributed by atoms with Crippen molar-refractivity contribution < 1.29 is 22.7 Å². The van der Waals surface area contributed by atoms with Crippen molar-refractivity contribution in [2.45, 2.75) is 41.7 Å². The van der Waals surface area contributed by atoms with E-state index in [-0.39, 0.29) is 4.90 Å². The topological polar surface area (TPSA) is 81.7 Å². The third-order valence-electron chi connectivity index (χ3n) is 5.63. The average molecular weight is 452 g/mol. The van der Waals surface area contributed by atoms with Crippen LogP contribution in [0.5, 0.6) is 11.5 Å². The molecule has 1 fully saturated rings. The van der Waals surface area contributed by atoms with Gasteiger partial charge >= 0.3 is 0 Å². The fourth-order valence-electron chi connectivity index (χ4n) is 3.95. The summed E-state index contributed by atoms with van der Waals surface area (Å²) in [5, 5.41) is 3.30. The van der Waals surface area contributed by atoms with Crippen molar-refractivity contribution in [2.24, 2.45) is 0 Å². The zero-order valence-electron chi connectivity index (χ0n) is 17.1. The Labute approximate surface area is 182 Å². The molecule has 2 aromatic rings. The van der Waals surface area contributed by atoms with E-state index in [9.17, 15) is 13.2 Å². The molecule has 3 rings (SSSR count). The van der Waals surface area contributed by atoms with Crippen LogP contribution >= 0.6 is 11.6 Å². The first-order chi connectivity index (χ1) is 14.3. The quantitative estimate of drug-likeness (QED) is 0.660. The third kappa shape index (κ3) is 4.27. The van der Waals surface area contributed by atoms with Gasteiger partial charge in [-0.1, -0.05) is 24.4 Å². The summed E-state index contributed by atoms with van der Waals surface area (Å²) in [4.78, 5) is 13.3. The van der Waals surface area contributed by atoms with Gasteiger partial charge in [0.05, 0.1) is 19.1 Å². The molecule has 8 heteroatoms. The lowest BCUT2D eigenvalue weighted by molar-refractivity contribution is -0.123. The maximum Gasteiger partial charge on any atom is 0.241 e. The Kier molecular flexibility index (Phi) is 6.93. The van der Waals surface area contributed by atoms with Crippen molar-refractivity contribution in [2.75, 3.05) is 20.8 Å². The summed E-state index contributed by atoms with van der Waals surface area (Å²) in [5.74, 6) is 0.931. The van der Waals surface area contributed by atoms with Gasteiger partial charge in [-0.25, -0.2) is 8.42 Å². The molecule has 0 aromatic heterocycles. The number of hydrogen-bond acceptors (Lipinski definition) is 5. The third-order valence-corrected chi connectivity index (χ3v) is 8.40. The van der Waals surface area contributed by atoms with E-state index in [0.29, 0.717) is 55.2 Å². The van der Waals surface area contributed by atoms with Gasteiger partial charge in [0.15, 0.2) is 14.6 Å². The van der Waals surface area contributed by atoms with Crippen molar-refractivity contribution >= 4 is 27.3 Å². The summed E-state index contributed by atoms with van der Waals surface area (Å²) in [5.41, 5.74) is 0.873. The van der Waals surface area contributed by atoms with Crippen LogP contribution in [-0.4, -0.2) is 39.8 Å². The Hall–Kier alpha value is -2.25. The maximum absolute atomic E-state index is 13.4. The molecule has 0 spiro atoms. The van der Waals surface area contributed by atoms with Crippen LogP contribution in [0.2, 0.25) is 5.02 Å². The van der Waals surface area contributed by atoms with Crippen LogP contribution in [0.25, 0.3) is 0 Å². The molecule has 0 aliphatic heterocycles. The van der Waals surface area contributed by atoms with Gasteiger partial charge in [-0.15, -0.1) is 0 Å². The summed E-state index contributed by atoms with van der Waals surface area (Å²) in [6.45, 7) is 0.292. The van der Waals surface area contributed by atoms with Crippen molar-refractivity contribution in [3.63, 3.8) is 0 Å². The van der Waals surface area contributed by atoms with Crippen LogP contribution in [0, 0.1) is 0 Å². The average Bonchev–Trinajstić information content (AvgIpc) is 3.26. The standard InChI is InChI=1S/C22H26ClNO5S/c1-28-18-7-10-20(29-2)16(15-18)11-14-24-21(25)22(12-3-4-13-22)30(26,27)19-8-5-17(23)6-9-19/h5-10,15H,3-4,11-14H2,1-2H3,(H,24,25). The molecule has 30 heavy (non-hydrogen) atoms. The highest BCUT2D eigenvalue weighted by Crippen LogP contribution is 2.41. The van der Waals surface area contributed by atoms with E-state index in [0.717, 1.165) is 5.56 Å². The van der Waals surface area contributed by atoms with Crippen molar-refractivity contribution in [3.8, 4) is 11.5 Å². The van der Waals surface area contributed by atoms with Crippen LogP contribution in [0.4, 0.5) is 0 Å². The molecular weight excluding hydrogens is 426 g/mol. The number of hydrogen-bond donors (Lipinski definition) is 1. The SMILES string of the molecule is COc1ccc(OC)c(CCNC(=O)C2(S(=O)(=O)c3ccc(Cl)cc3)CCCC2)c1. The van der Waals surface area contributed by atoms with E-state index in [1.54, 1.807) is 26.4 Å². The van der Waals surface area contributed by atoms with Crippen LogP contribution in [0.15, 0.2) is 47.4 Å². The van der Waals surface area contributed by atoms with Crippen molar-refractivity contribution in [1.29, 1.82) is 0 Å². The summed E-state index contributed by atoms with van der Waals surface area (Å²) >= 11 is 5.90. The number of methoxy groups -OCH3 is 2. The second-order valence-corrected chi connectivity index (χ2v) is 10.0. The van der Waals surface area contributed by atoms with Gasteiger partial charge in [-0.3, -0.25) is 4.79 Å². The fraction of sp³-hybridized carbons (Fsp3) is 0.409. The first-order valence-electron chi connectivity index (χ1n) is 9.83. The molecule has 1 saturated carbocycles. The zero-order valence-corrected chi connectivity index (χ0v) is 18.7.